The molecule has 1 rings (SSSR count). The van der Waals surface area contributed by atoms with Gasteiger partial charge in [0.25, 0.3) is 0 Å². The fraction of sp³-hybridized carbons (Fsp3) is 0.833. The van der Waals surface area contributed by atoms with Crippen molar-refractivity contribution in [2.75, 3.05) is 19.8 Å². The van der Waals surface area contributed by atoms with E-state index < -0.39 is 0 Å². The summed E-state index contributed by atoms with van der Waals surface area (Å²) < 4.78 is 5.32. The summed E-state index contributed by atoms with van der Waals surface area (Å²) in [7, 11) is 0. The van der Waals surface area contributed by atoms with E-state index in [1.807, 2.05) is 20.8 Å². The first kappa shape index (κ1) is 14.4. The summed E-state index contributed by atoms with van der Waals surface area (Å²) in [5.74, 6) is 0.410. The second kappa shape index (κ2) is 5.78. The van der Waals surface area contributed by atoms with Gasteiger partial charge in [0.05, 0.1) is 4.99 Å². The number of rotatable bonds is 4. The maximum Gasteiger partial charge on any atom is 0.223 e. The van der Waals surface area contributed by atoms with E-state index in [0.717, 1.165) is 6.42 Å². The van der Waals surface area contributed by atoms with Crippen LogP contribution in [0.2, 0.25) is 0 Å². The standard InChI is InChI=1S/C12H22N2O2S/c1-8-6-16-5-4-9(8)10(15)14-7-12(2,3)11(13)17/h8-9H,4-7H2,1-3H3,(H2,13,17)(H,14,15). The lowest BCUT2D eigenvalue weighted by molar-refractivity contribution is -0.130. The van der Waals surface area contributed by atoms with Gasteiger partial charge in [0, 0.05) is 31.1 Å². The van der Waals surface area contributed by atoms with Crippen molar-refractivity contribution in [3.63, 3.8) is 0 Å². The first-order valence-corrected chi connectivity index (χ1v) is 6.41. The highest BCUT2D eigenvalue weighted by atomic mass is 32.1. The SMILES string of the molecule is CC1COCCC1C(=O)NCC(C)(C)C(N)=S. The van der Waals surface area contributed by atoms with Gasteiger partial charge in [-0.3, -0.25) is 4.79 Å². The van der Waals surface area contributed by atoms with E-state index in [0.29, 0.717) is 24.7 Å². The highest BCUT2D eigenvalue weighted by Gasteiger charge is 2.30. The van der Waals surface area contributed by atoms with Gasteiger partial charge < -0.3 is 15.8 Å². The van der Waals surface area contributed by atoms with E-state index in [9.17, 15) is 4.79 Å². The summed E-state index contributed by atoms with van der Waals surface area (Å²) in [4.78, 5) is 12.5. The van der Waals surface area contributed by atoms with Crippen LogP contribution in [-0.2, 0) is 9.53 Å². The Labute approximate surface area is 108 Å². The number of hydrogen-bond donors (Lipinski definition) is 2. The fourth-order valence-corrected chi connectivity index (χ4v) is 1.87. The topological polar surface area (TPSA) is 64.3 Å². The molecule has 0 radical (unpaired) electrons. The molecule has 17 heavy (non-hydrogen) atoms. The molecule has 3 N–H and O–H groups in total. The van der Waals surface area contributed by atoms with Gasteiger partial charge in [-0.05, 0) is 12.3 Å². The van der Waals surface area contributed by atoms with Crippen molar-refractivity contribution < 1.29 is 9.53 Å². The van der Waals surface area contributed by atoms with Crippen LogP contribution in [0.1, 0.15) is 27.2 Å². The van der Waals surface area contributed by atoms with Gasteiger partial charge in [-0.2, -0.15) is 0 Å². The van der Waals surface area contributed by atoms with Crippen LogP contribution >= 0.6 is 12.2 Å². The van der Waals surface area contributed by atoms with Crippen LogP contribution < -0.4 is 11.1 Å². The van der Waals surface area contributed by atoms with Gasteiger partial charge in [-0.25, -0.2) is 0 Å². The number of amides is 1. The molecule has 0 aliphatic carbocycles. The number of carbonyl (C=O) groups excluding carboxylic acids is 1. The Morgan fingerprint density at radius 1 is 1.59 bits per heavy atom. The smallest absolute Gasteiger partial charge is 0.223 e. The van der Waals surface area contributed by atoms with Gasteiger partial charge in [0.2, 0.25) is 5.91 Å². The first-order valence-electron chi connectivity index (χ1n) is 6.00. The van der Waals surface area contributed by atoms with E-state index in [1.165, 1.54) is 0 Å². The monoisotopic (exact) mass is 258 g/mol. The molecule has 2 atom stereocenters. The summed E-state index contributed by atoms with van der Waals surface area (Å²) in [5, 5.41) is 2.94. The largest absolute Gasteiger partial charge is 0.393 e. The Balaban J connectivity index is 2.46. The average Bonchev–Trinajstić information content (AvgIpc) is 2.26. The predicted octanol–water partition coefficient (Wildman–Crippen LogP) is 1.09. The van der Waals surface area contributed by atoms with Crippen LogP contribution in [0.25, 0.3) is 0 Å². The Bertz CT molecular complexity index is 305. The third-order valence-electron chi connectivity index (χ3n) is 3.35. The van der Waals surface area contributed by atoms with Gasteiger partial charge in [-0.1, -0.05) is 33.0 Å². The fourth-order valence-electron chi connectivity index (χ4n) is 1.80. The third-order valence-corrected chi connectivity index (χ3v) is 3.90. The van der Waals surface area contributed by atoms with Crippen molar-refractivity contribution in [3.8, 4) is 0 Å². The van der Waals surface area contributed by atoms with Crippen LogP contribution in [0.15, 0.2) is 0 Å². The maximum atomic E-state index is 12.0. The van der Waals surface area contributed by atoms with Crippen LogP contribution in [0.3, 0.4) is 0 Å². The zero-order valence-electron chi connectivity index (χ0n) is 10.8. The second-order valence-corrected chi connectivity index (χ2v) is 5.85. The number of nitrogens with one attached hydrogen (secondary N) is 1. The molecule has 0 saturated carbocycles. The highest BCUT2D eigenvalue weighted by Crippen LogP contribution is 2.22. The zero-order valence-corrected chi connectivity index (χ0v) is 11.6. The lowest BCUT2D eigenvalue weighted by Gasteiger charge is -2.30. The van der Waals surface area contributed by atoms with Crippen molar-refractivity contribution in [1.29, 1.82) is 0 Å². The van der Waals surface area contributed by atoms with Crippen LogP contribution in [0.5, 0.6) is 0 Å². The molecule has 1 fully saturated rings. The molecule has 5 heteroatoms. The predicted molar refractivity (Wildman–Crippen MR) is 71.7 cm³/mol. The highest BCUT2D eigenvalue weighted by molar-refractivity contribution is 7.80. The molecule has 1 aliphatic heterocycles. The summed E-state index contributed by atoms with van der Waals surface area (Å²) in [5.41, 5.74) is 5.29. The second-order valence-electron chi connectivity index (χ2n) is 5.41. The van der Waals surface area contributed by atoms with Crippen molar-refractivity contribution in [2.24, 2.45) is 23.0 Å². The lowest BCUT2D eigenvalue weighted by Crippen LogP contribution is -2.45. The Hall–Kier alpha value is -0.680. The van der Waals surface area contributed by atoms with Gasteiger partial charge in [0.15, 0.2) is 0 Å². The van der Waals surface area contributed by atoms with Gasteiger partial charge in [0.1, 0.15) is 0 Å². The molecule has 2 unspecified atom stereocenters. The molecule has 0 spiro atoms. The van der Waals surface area contributed by atoms with E-state index in [-0.39, 0.29) is 23.2 Å². The quantitative estimate of drug-likeness (QED) is 0.741. The molecule has 1 aliphatic rings. The molecule has 0 aromatic carbocycles. The normalized spacial score (nSPS) is 25.4. The molecule has 4 nitrogen and oxygen atoms in total. The van der Waals surface area contributed by atoms with Gasteiger partial charge in [-0.15, -0.1) is 0 Å². The first-order chi connectivity index (χ1) is 7.84. The van der Waals surface area contributed by atoms with E-state index in [2.05, 4.69) is 5.32 Å². The summed E-state index contributed by atoms with van der Waals surface area (Å²) in [6.07, 6.45) is 0.792. The molecule has 0 aromatic rings. The Morgan fingerprint density at radius 3 is 2.76 bits per heavy atom. The van der Waals surface area contributed by atoms with Crippen LogP contribution in [-0.4, -0.2) is 30.7 Å². The number of ether oxygens (including phenoxy) is 1. The summed E-state index contributed by atoms with van der Waals surface area (Å²) in [6, 6.07) is 0. The van der Waals surface area contributed by atoms with Crippen molar-refractivity contribution in [2.45, 2.75) is 27.2 Å². The number of nitrogens with two attached hydrogens (primary N) is 1. The van der Waals surface area contributed by atoms with E-state index >= 15 is 0 Å². The minimum atomic E-state index is -0.334. The lowest BCUT2D eigenvalue weighted by atomic mass is 9.88. The molecule has 1 amide bonds. The molecule has 0 bridgehead atoms. The minimum Gasteiger partial charge on any atom is -0.393 e. The van der Waals surface area contributed by atoms with Crippen LogP contribution in [0.4, 0.5) is 0 Å². The van der Waals surface area contributed by atoms with Gasteiger partial charge >= 0.3 is 0 Å². The minimum absolute atomic E-state index is 0.0471. The average molecular weight is 258 g/mol. The van der Waals surface area contributed by atoms with Crippen molar-refractivity contribution in [1.82, 2.24) is 5.32 Å². The molecule has 1 heterocycles. The zero-order chi connectivity index (χ0) is 13.1. The number of thiocarbonyl (C=S) groups is 1. The molecular formula is C12H22N2O2S. The van der Waals surface area contributed by atoms with E-state index in [1.54, 1.807) is 0 Å². The van der Waals surface area contributed by atoms with E-state index in [4.69, 9.17) is 22.7 Å². The molecule has 1 saturated heterocycles. The van der Waals surface area contributed by atoms with Crippen LogP contribution in [0, 0.1) is 17.3 Å². The molecule has 0 aromatic heterocycles. The third kappa shape index (κ3) is 3.92. The Morgan fingerprint density at radius 2 is 2.24 bits per heavy atom. The Kier molecular flexibility index (Phi) is 4.89. The van der Waals surface area contributed by atoms with Crippen molar-refractivity contribution in [3.05, 3.63) is 0 Å². The molecular weight excluding hydrogens is 236 g/mol. The van der Waals surface area contributed by atoms with Crippen molar-refractivity contribution >= 4 is 23.1 Å². The summed E-state index contributed by atoms with van der Waals surface area (Å²) >= 11 is 4.97. The number of carbonyl (C=O) groups is 1. The number of hydrogen-bond acceptors (Lipinski definition) is 3. The summed E-state index contributed by atoms with van der Waals surface area (Å²) in [6.45, 7) is 7.73. The molecule has 98 valence electrons. The maximum absolute atomic E-state index is 12.0.